The molecule has 1 atom stereocenters. The van der Waals surface area contributed by atoms with Gasteiger partial charge >= 0.3 is 0 Å². The molecule has 0 aliphatic carbocycles. The Labute approximate surface area is 119 Å². The summed E-state index contributed by atoms with van der Waals surface area (Å²) in [6.45, 7) is 4.31. The molecule has 20 heavy (non-hydrogen) atoms. The van der Waals surface area contributed by atoms with Crippen molar-refractivity contribution in [3.8, 4) is 0 Å². The molecular formula is C17H20FNO. The first kappa shape index (κ1) is 14.5. The molecule has 2 rings (SSSR count). The van der Waals surface area contributed by atoms with Gasteiger partial charge in [0.1, 0.15) is 5.82 Å². The number of anilines is 1. The van der Waals surface area contributed by atoms with Gasteiger partial charge in [0.2, 0.25) is 0 Å². The Balaban J connectivity index is 2.30. The van der Waals surface area contributed by atoms with Crippen molar-refractivity contribution < 1.29 is 9.50 Å². The standard InChI is InChI=1S/C17H20FNO/c1-12-6-4-7-14(10-12)11-19(3)16-9-5-8-15(18)17(16)13(2)20/h4-10,13,20H,11H2,1-3H3/t13-/m1/s1. The lowest BCUT2D eigenvalue weighted by atomic mass is 10.1. The van der Waals surface area contributed by atoms with E-state index in [1.54, 1.807) is 13.0 Å². The third kappa shape index (κ3) is 3.17. The molecule has 0 unspecified atom stereocenters. The predicted molar refractivity (Wildman–Crippen MR) is 80.3 cm³/mol. The van der Waals surface area contributed by atoms with Gasteiger partial charge in [-0.05, 0) is 31.5 Å². The van der Waals surface area contributed by atoms with Gasteiger partial charge < -0.3 is 10.0 Å². The van der Waals surface area contributed by atoms with Crippen LogP contribution in [0, 0.1) is 12.7 Å². The van der Waals surface area contributed by atoms with E-state index in [0.717, 1.165) is 11.3 Å². The monoisotopic (exact) mass is 273 g/mol. The van der Waals surface area contributed by atoms with Gasteiger partial charge in [-0.3, -0.25) is 0 Å². The number of hydrogen-bond donors (Lipinski definition) is 1. The van der Waals surface area contributed by atoms with Gasteiger partial charge in [-0.1, -0.05) is 35.9 Å². The Morgan fingerprint density at radius 1 is 1.20 bits per heavy atom. The molecule has 2 aromatic carbocycles. The van der Waals surface area contributed by atoms with E-state index in [0.29, 0.717) is 12.1 Å². The van der Waals surface area contributed by atoms with Crippen LogP contribution in [0.5, 0.6) is 0 Å². The minimum Gasteiger partial charge on any atom is -0.389 e. The fourth-order valence-electron chi connectivity index (χ4n) is 2.44. The van der Waals surface area contributed by atoms with Crippen molar-refractivity contribution in [1.29, 1.82) is 0 Å². The zero-order valence-electron chi connectivity index (χ0n) is 12.1. The average molecular weight is 273 g/mol. The number of hydrogen-bond acceptors (Lipinski definition) is 2. The molecule has 0 fully saturated rings. The SMILES string of the molecule is Cc1cccc(CN(C)c2cccc(F)c2[C@@H](C)O)c1. The lowest BCUT2D eigenvalue weighted by Gasteiger charge is -2.24. The topological polar surface area (TPSA) is 23.5 Å². The number of benzene rings is 2. The third-order valence-electron chi connectivity index (χ3n) is 3.36. The molecule has 0 aliphatic heterocycles. The number of aliphatic hydroxyl groups is 1. The molecule has 0 radical (unpaired) electrons. The minimum atomic E-state index is -0.828. The molecule has 0 saturated carbocycles. The summed E-state index contributed by atoms with van der Waals surface area (Å²) in [5.41, 5.74) is 3.43. The molecule has 2 nitrogen and oxygen atoms in total. The van der Waals surface area contributed by atoms with Crippen LogP contribution in [0.1, 0.15) is 29.7 Å². The molecule has 0 spiro atoms. The highest BCUT2D eigenvalue weighted by Gasteiger charge is 2.16. The van der Waals surface area contributed by atoms with Crippen LogP contribution in [-0.4, -0.2) is 12.2 Å². The Kier molecular flexibility index (Phi) is 4.40. The number of aliphatic hydroxyl groups excluding tert-OH is 1. The molecule has 2 aromatic rings. The quantitative estimate of drug-likeness (QED) is 0.915. The van der Waals surface area contributed by atoms with Crippen LogP contribution in [0.2, 0.25) is 0 Å². The first-order valence-electron chi connectivity index (χ1n) is 6.72. The second kappa shape index (κ2) is 6.06. The van der Waals surface area contributed by atoms with E-state index in [1.165, 1.54) is 11.6 Å². The number of rotatable bonds is 4. The molecule has 0 aliphatic rings. The van der Waals surface area contributed by atoms with Gasteiger partial charge in [0.05, 0.1) is 6.10 Å². The summed E-state index contributed by atoms with van der Waals surface area (Å²) in [6.07, 6.45) is -0.828. The van der Waals surface area contributed by atoms with Crippen LogP contribution in [-0.2, 0) is 6.54 Å². The van der Waals surface area contributed by atoms with Crippen molar-refractivity contribution in [2.24, 2.45) is 0 Å². The molecule has 0 bridgehead atoms. The van der Waals surface area contributed by atoms with E-state index in [4.69, 9.17) is 0 Å². The highest BCUT2D eigenvalue weighted by atomic mass is 19.1. The largest absolute Gasteiger partial charge is 0.389 e. The van der Waals surface area contributed by atoms with Gasteiger partial charge in [0, 0.05) is 24.8 Å². The molecule has 0 saturated heterocycles. The normalized spacial score (nSPS) is 12.2. The summed E-state index contributed by atoms with van der Waals surface area (Å²) in [7, 11) is 1.91. The first-order valence-corrected chi connectivity index (χ1v) is 6.72. The third-order valence-corrected chi connectivity index (χ3v) is 3.36. The average Bonchev–Trinajstić information content (AvgIpc) is 2.37. The zero-order chi connectivity index (χ0) is 14.7. The van der Waals surface area contributed by atoms with Crippen LogP contribution < -0.4 is 4.90 Å². The van der Waals surface area contributed by atoms with Crippen molar-refractivity contribution in [3.63, 3.8) is 0 Å². The van der Waals surface area contributed by atoms with Gasteiger partial charge in [0.25, 0.3) is 0 Å². The number of nitrogens with zero attached hydrogens (tertiary/aromatic N) is 1. The molecule has 3 heteroatoms. The lowest BCUT2D eigenvalue weighted by Crippen LogP contribution is -2.19. The van der Waals surface area contributed by atoms with Gasteiger partial charge in [-0.25, -0.2) is 4.39 Å². The smallest absolute Gasteiger partial charge is 0.131 e. The Hall–Kier alpha value is -1.87. The fraction of sp³-hybridized carbons (Fsp3) is 0.294. The lowest BCUT2D eigenvalue weighted by molar-refractivity contribution is 0.194. The van der Waals surface area contributed by atoms with Crippen molar-refractivity contribution in [2.75, 3.05) is 11.9 Å². The Morgan fingerprint density at radius 2 is 1.90 bits per heavy atom. The second-order valence-corrected chi connectivity index (χ2v) is 5.19. The summed E-state index contributed by atoms with van der Waals surface area (Å²) in [4.78, 5) is 1.96. The summed E-state index contributed by atoms with van der Waals surface area (Å²) in [5, 5.41) is 9.78. The van der Waals surface area contributed by atoms with Gasteiger partial charge in [-0.15, -0.1) is 0 Å². The van der Waals surface area contributed by atoms with Crippen molar-refractivity contribution in [2.45, 2.75) is 26.5 Å². The fourth-order valence-corrected chi connectivity index (χ4v) is 2.44. The molecule has 0 amide bonds. The van der Waals surface area contributed by atoms with Crippen LogP contribution >= 0.6 is 0 Å². The minimum absolute atomic E-state index is 0.350. The van der Waals surface area contributed by atoms with E-state index in [1.807, 2.05) is 43.1 Å². The van der Waals surface area contributed by atoms with E-state index < -0.39 is 6.10 Å². The number of aryl methyl sites for hydroxylation is 1. The highest BCUT2D eigenvalue weighted by molar-refractivity contribution is 5.55. The van der Waals surface area contributed by atoms with E-state index in [2.05, 4.69) is 6.07 Å². The van der Waals surface area contributed by atoms with E-state index in [-0.39, 0.29) is 5.82 Å². The van der Waals surface area contributed by atoms with Crippen LogP contribution in [0.15, 0.2) is 42.5 Å². The van der Waals surface area contributed by atoms with Crippen molar-refractivity contribution >= 4 is 5.69 Å². The summed E-state index contributed by atoms with van der Waals surface area (Å²) in [6, 6.07) is 13.1. The Bertz CT molecular complexity index is 595. The predicted octanol–water partition coefficient (Wildman–Crippen LogP) is 3.82. The van der Waals surface area contributed by atoms with Crippen molar-refractivity contribution in [1.82, 2.24) is 0 Å². The summed E-state index contributed by atoms with van der Waals surface area (Å²) < 4.78 is 13.9. The molecule has 0 heterocycles. The molecule has 106 valence electrons. The van der Waals surface area contributed by atoms with Gasteiger partial charge in [-0.2, -0.15) is 0 Å². The maximum Gasteiger partial charge on any atom is 0.131 e. The molecular weight excluding hydrogens is 253 g/mol. The summed E-state index contributed by atoms with van der Waals surface area (Å²) in [5.74, 6) is -0.367. The van der Waals surface area contributed by atoms with Crippen LogP contribution in [0.25, 0.3) is 0 Å². The summed E-state index contributed by atoms with van der Waals surface area (Å²) >= 11 is 0. The van der Waals surface area contributed by atoms with Crippen LogP contribution in [0.3, 0.4) is 0 Å². The number of halogens is 1. The Morgan fingerprint density at radius 3 is 2.55 bits per heavy atom. The van der Waals surface area contributed by atoms with Crippen LogP contribution in [0.4, 0.5) is 10.1 Å². The highest BCUT2D eigenvalue weighted by Crippen LogP contribution is 2.29. The maximum absolute atomic E-state index is 13.9. The molecule has 0 aromatic heterocycles. The second-order valence-electron chi connectivity index (χ2n) is 5.19. The maximum atomic E-state index is 13.9. The first-order chi connectivity index (χ1) is 9.49. The van der Waals surface area contributed by atoms with Gasteiger partial charge in [0.15, 0.2) is 0 Å². The molecule has 1 N–H and O–H groups in total. The zero-order valence-corrected chi connectivity index (χ0v) is 12.1. The van der Waals surface area contributed by atoms with E-state index >= 15 is 0 Å². The van der Waals surface area contributed by atoms with Crippen molar-refractivity contribution in [3.05, 3.63) is 65.0 Å². The van der Waals surface area contributed by atoms with E-state index in [9.17, 15) is 9.50 Å².